The number of amides is 1. The van der Waals surface area contributed by atoms with Crippen LogP contribution in [0.2, 0.25) is 0 Å². The van der Waals surface area contributed by atoms with Crippen LogP contribution >= 0.6 is 0 Å². The van der Waals surface area contributed by atoms with Gasteiger partial charge in [0.15, 0.2) is 6.17 Å². The fourth-order valence-corrected chi connectivity index (χ4v) is 3.46. The van der Waals surface area contributed by atoms with E-state index in [1.54, 1.807) is 37.4 Å². The average Bonchev–Trinajstić information content (AvgIpc) is 3.35. The van der Waals surface area contributed by atoms with Gasteiger partial charge in [0.05, 0.1) is 24.3 Å². The summed E-state index contributed by atoms with van der Waals surface area (Å²) in [5.41, 5.74) is 1.37. The third kappa shape index (κ3) is 6.90. The largest absolute Gasteiger partial charge is 0.379 e. The fourth-order valence-electron chi connectivity index (χ4n) is 3.46. The summed E-state index contributed by atoms with van der Waals surface area (Å²) < 4.78 is 18.6. The van der Waals surface area contributed by atoms with Crippen LogP contribution in [-0.4, -0.2) is 44.3 Å². The number of halogens is 1. The molecule has 0 spiro atoms. The molecule has 1 aliphatic heterocycles. The number of ether oxygens (including phenoxy) is 1. The lowest BCUT2D eigenvalue weighted by Gasteiger charge is -2.23. The molecule has 3 rings (SSSR count). The predicted octanol–water partition coefficient (Wildman–Crippen LogP) is 2.60. The molecule has 3 atom stereocenters. The lowest BCUT2D eigenvalue weighted by atomic mass is 10.0. The van der Waals surface area contributed by atoms with Crippen molar-refractivity contribution in [1.29, 1.82) is 5.26 Å². The van der Waals surface area contributed by atoms with Gasteiger partial charge in [-0.25, -0.2) is 4.39 Å². The van der Waals surface area contributed by atoms with Gasteiger partial charge in [-0.05, 0) is 54.5 Å². The van der Waals surface area contributed by atoms with Gasteiger partial charge in [0, 0.05) is 24.6 Å². The van der Waals surface area contributed by atoms with E-state index in [0.29, 0.717) is 25.2 Å². The van der Waals surface area contributed by atoms with E-state index in [4.69, 9.17) is 10.00 Å². The number of rotatable bonds is 8. The summed E-state index contributed by atoms with van der Waals surface area (Å²) in [6, 6.07) is 13.8. The zero-order valence-corrected chi connectivity index (χ0v) is 18.1. The number of hydrogen-bond acceptors (Lipinski definition) is 6. The monoisotopic (exact) mass is 452 g/mol. The van der Waals surface area contributed by atoms with Crippen LogP contribution in [0.1, 0.15) is 40.4 Å². The molecule has 2 aromatic carbocycles. The molecule has 1 saturated heterocycles. The van der Waals surface area contributed by atoms with Gasteiger partial charge in [0.1, 0.15) is 5.82 Å². The Morgan fingerprint density at radius 1 is 1.30 bits per heavy atom. The summed E-state index contributed by atoms with van der Waals surface area (Å²) in [5.74, 6) is -0.834. The van der Waals surface area contributed by atoms with E-state index in [1.165, 1.54) is 18.2 Å². The zero-order valence-electron chi connectivity index (χ0n) is 18.1. The van der Waals surface area contributed by atoms with Crippen LogP contribution in [0, 0.1) is 22.1 Å². The van der Waals surface area contributed by atoms with E-state index in [1.807, 2.05) is 6.07 Å². The van der Waals surface area contributed by atoms with Crippen LogP contribution in [0.5, 0.6) is 0 Å². The molecule has 0 aromatic heterocycles. The molecule has 0 bridgehead atoms. The van der Waals surface area contributed by atoms with Gasteiger partial charge >= 0.3 is 0 Å². The molecule has 1 heterocycles. The second kappa shape index (κ2) is 11.8. The first-order valence-electron chi connectivity index (χ1n) is 10.5. The summed E-state index contributed by atoms with van der Waals surface area (Å²) in [4.78, 5) is 28.5. The summed E-state index contributed by atoms with van der Waals surface area (Å²) in [6.07, 6.45) is 0.0116. The number of aliphatic imine (C=N–C) groups is 1. The van der Waals surface area contributed by atoms with E-state index in [0.717, 1.165) is 5.56 Å². The van der Waals surface area contributed by atoms with Gasteiger partial charge < -0.3 is 20.7 Å². The Kier molecular flexibility index (Phi) is 8.57. The number of benzene rings is 2. The first-order chi connectivity index (χ1) is 16.0. The standard InChI is InChI=1S/C23H25FN6O3/c1-26-20(16-5-7-18(24)8-6-16)12-21(30-32)28-23(27-19-9-10-33-14-19)29-22(31)17-4-2-3-15(11-17)13-25/h2-8,11,19-21,26H,9-10,12,14H2,1H3,(H2,27,28,29,31)/t19-,20?,21?/m1/s1. The maximum Gasteiger partial charge on any atom is 0.280 e. The lowest BCUT2D eigenvalue weighted by molar-refractivity contribution is 0.100. The van der Waals surface area contributed by atoms with E-state index >= 15 is 0 Å². The highest BCUT2D eigenvalue weighted by molar-refractivity contribution is 6.03. The Hall–Kier alpha value is -3.68. The molecule has 3 N–H and O–H groups in total. The highest BCUT2D eigenvalue weighted by Crippen LogP contribution is 2.19. The number of nitrogens with zero attached hydrogens (tertiary/aromatic N) is 3. The van der Waals surface area contributed by atoms with Crippen LogP contribution in [-0.2, 0) is 4.74 Å². The Bertz CT molecular complexity index is 1030. The van der Waals surface area contributed by atoms with Gasteiger partial charge in [-0.3, -0.25) is 4.79 Å². The molecular formula is C23H25FN6O3. The molecule has 1 amide bonds. The van der Waals surface area contributed by atoms with Gasteiger partial charge in [-0.2, -0.15) is 10.3 Å². The van der Waals surface area contributed by atoms with Crippen LogP contribution in [0.25, 0.3) is 0 Å². The van der Waals surface area contributed by atoms with Crippen molar-refractivity contribution in [3.05, 3.63) is 75.9 Å². The van der Waals surface area contributed by atoms with E-state index < -0.39 is 12.1 Å². The molecular weight excluding hydrogens is 427 g/mol. The fraction of sp³-hybridized carbons (Fsp3) is 0.348. The minimum Gasteiger partial charge on any atom is -0.379 e. The quantitative estimate of drug-likeness (QED) is 0.319. The zero-order chi connectivity index (χ0) is 23.6. The van der Waals surface area contributed by atoms with E-state index in [-0.39, 0.29) is 35.8 Å². The predicted molar refractivity (Wildman–Crippen MR) is 121 cm³/mol. The van der Waals surface area contributed by atoms with Crippen molar-refractivity contribution in [2.75, 3.05) is 20.3 Å². The van der Waals surface area contributed by atoms with E-state index in [9.17, 15) is 14.1 Å². The van der Waals surface area contributed by atoms with Gasteiger partial charge in [0.25, 0.3) is 5.91 Å². The average molecular weight is 452 g/mol. The van der Waals surface area contributed by atoms with Crippen molar-refractivity contribution in [3.8, 4) is 6.07 Å². The van der Waals surface area contributed by atoms with Crippen LogP contribution in [0.3, 0.4) is 0 Å². The molecule has 10 heteroatoms. The SMILES string of the molecule is CNC(CC(N=O)N/C(=N\C(=O)c1cccc(C#N)c1)N[C@@H]1CCOC1)c1ccc(F)cc1. The maximum absolute atomic E-state index is 13.3. The third-order valence-corrected chi connectivity index (χ3v) is 5.23. The second-order valence-corrected chi connectivity index (χ2v) is 7.56. The number of carbonyl (C=O) groups excluding carboxylic acids is 1. The molecule has 0 aliphatic carbocycles. The molecule has 172 valence electrons. The molecule has 33 heavy (non-hydrogen) atoms. The minimum atomic E-state index is -0.931. The smallest absolute Gasteiger partial charge is 0.280 e. The summed E-state index contributed by atoms with van der Waals surface area (Å²) in [6.45, 7) is 1.01. The van der Waals surface area contributed by atoms with Crippen molar-refractivity contribution < 1.29 is 13.9 Å². The van der Waals surface area contributed by atoms with E-state index in [2.05, 4.69) is 26.1 Å². The lowest BCUT2D eigenvalue weighted by Crippen LogP contribution is -2.48. The summed E-state index contributed by atoms with van der Waals surface area (Å²) in [7, 11) is 1.73. The molecule has 0 saturated carbocycles. The topological polar surface area (TPSA) is 128 Å². The van der Waals surface area contributed by atoms with Crippen molar-refractivity contribution in [1.82, 2.24) is 16.0 Å². The van der Waals surface area contributed by atoms with Crippen molar-refractivity contribution >= 4 is 11.9 Å². The summed E-state index contributed by atoms with van der Waals surface area (Å²) >= 11 is 0. The first kappa shape index (κ1) is 24.0. The third-order valence-electron chi connectivity index (χ3n) is 5.23. The number of hydrogen-bond donors (Lipinski definition) is 3. The first-order valence-corrected chi connectivity index (χ1v) is 10.5. The molecule has 1 aliphatic rings. The van der Waals surface area contributed by atoms with Crippen LogP contribution in [0.4, 0.5) is 4.39 Å². The molecule has 2 aromatic rings. The number of nitroso groups, excluding NO2 is 1. The highest BCUT2D eigenvalue weighted by atomic mass is 19.1. The summed E-state index contributed by atoms with van der Waals surface area (Å²) in [5, 5.41) is 21.3. The van der Waals surface area contributed by atoms with Gasteiger partial charge in [-0.15, -0.1) is 4.91 Å². The van der Waals surface area contributed by atoms with Crippen LogP contribution < -0.4 is 16.0 Å². The number of nitrogens with one attached hydrogen (secondary N) is 3. The molecule has 9 nitrogen and oxygen atoms in total. The second-order valence-electron chi connectivity index (χ2n) is 7.56. The van der Waals surface area contributed by atoms with Crippen molar-refractivity contribution in [3.63, 3.8) is 0 Å². The Morgan fingerprint density at radius 2 is 2.09 bits per heavy atom. The minimum absolute atomic E-state index is 0.0843. The molecule has 0 radical (unpaired) electrons. The number of nitriles is 1. The highest BCUT2D eigenvalue weighted by Gasteiger charge is 2.23. The normalized spacial score (nSPS) is 17.6. The molecule has 2 unspecified atom stereocenters. The van der Waals surface area contributed by atoms with Crippen molar-refractivity contribution in [2.45, 2.75) is 31.1 Å². The number of carbonyl (C=O) groups is 1. The van der Waals surface area contributed by atoms with Gasteiger partial charge in [0.2, 0.25) is 5.96 Å². The van der Waals surface area contributed by atoms with Crippen LogP contribution in [0.15, 0.2) is 58.7 Å². The Balaban J connectivity index is 1.78. The van der Waals surface area contributed by atoms with Gasteiger partial charge in [-0.1, -0.05) is 18.2 Å². The maximum atomic E-state index is 13.3. The van der Waals surface area contributed by atoms with Crippen molar-refractivity contribution in [2.24, 2.45) is 10.2 Å². The molecule has 1 fully saturated rings. The Labute approximate surface area is 191 Å². The Morgan fingerprint density at radius 3 is 2.73 bits per heavy atom. The number of guanidine groups is 1.